The Balaban J connectivity index is 1.42. The smallest absolute Gasteiger partial charge is 0.409 e. The number of hydrogen-bond acceptors (Lipinski definition) is 4. The molecule has 1 aromatic carbocycles. The van der Waals surface area contributed by atoms with Crippen LogP contribution in [-0.2, 0) is 10.2 Å². The van der Waals surface area contributed by atoms with Crippen molar-refractivity contribution in [2.45, 2.75) is 56.9 Å². The molecule has 2 fully saturated rings. The van der Waals surface area contributed by atoms with Crippen molar-refractivity contribution in [3.8, 4) is 0 Å². The highest BCUT2D eigenvalue weighted by Crippen LogP contribution is 2.48. The maximum absolute atomic E-state index is 14.2. The van der Waals surface area contributed by atoms with Crippen molar-refractivity contribution in [1.29, 1.82) is 0 Å². The van der Waals surface area contributed by atoms with E-state index in [2.05, 4.69) is 4.90 Å². The van der Waals surface area contributed by atoms with E-state index in [9.17, 15) is 14.0 Å². The van der Waals surface area contributed by atoms with E-state index in [1.807, 2.05) is 16.7 Å². The van der Waals surface area contributed by atoms with Gasteiger partial charge in [-0.2, -0.15) is 0 Å². The third-order valence-electron chi connectivity index (χ3n) is 7.55. The number of fused-ring (bicyclic) bond motifs is 2. The van der Waals surface area contributed by atoms with E-state index in [-0.39, 0.29) is 23.4 Å². The fourth-order valence-electron chi connectivity index (χ4n) is 5.71. The summed E-state index contributed by atoms with van der Waals surface area (Å²) in [6, 6.07) is 5.23. The molecule has 0 saturated carbocycles. The van der Waals surface area contributed by atoms with E-state index in [0.29, 0.717) is 19.2 Å². The summed E-state index contributed by atoms with van der Waals surface area (Å²) in [4.78, 5) is 32.9. The number of carbonyl (C=O) groups is 2. The number of nitrogens with zero attached hydrogens (tertiary/aromatic N) is 4. The van der Waals surface area contributed by atoms with E-state index >= 15 is 0 Å². The van der Waals surface area contributed by atoms with Crippen LogP contribution in [0.15, 0.2) is 18.2 Å². The lowest BCUT2D eigenvalue weighted by atomic mass is 9.74. The number of piperidine rings is 1. The van der Waals surface area contributed by atoms with Crippen molar-refractivity contribution in [1.82, 2.24) is 14.7 Å². The van der Waals surface area contributed by atoms with Crippen LogP contribution >= 0.6 is 0 Å². The molecule has 182 valence electrons. The van der Waals surface area contributed by atoms with Crippen molar-refractivity contribution < 1.29 is 18.7 Å². The fourth-order valence-corrected chi connectivity index (χ4v) is 5.71. The maximum atomic E-state index is 14.2. The molecule has 3 heterocycles. The van der Waals surface area contributed by atoms with Gasteiger partial charge in [0.1, 0.15) is 5.82 Å². The molecule has 7 nitrogen and oxygen atoms in total. The molecule has 1 unspecified atom stereocenters. The van der Waals surface area contributed by atoms with Crippen LogP contribution in [0.5, 0.6) is 0 Å². The zero-order valence-electron chi connectivity index (χ0n) is 20.2. The highest BCUT2D eigenvalue weighted by Gasteiger charge is 2.47. The van der Waals surface area contributed by atoms with Gasteiger partial charge in [-0.1, -0.05) is 6.92 Å². The molecule has 0 aromatic heterocycles. The van der Waals surface area contributed by atoms with Crippen LogP contribution in [0, 0.1) is 5.82 Å². The van der Waals surface area contributed by atoms with Crippen LogP contribution in [0.3, 0.4) is 0 Å². The first-order valence-corrected chi connectivity index (χ1v) is 12.3. The molecular formula is C25H37FN4O3. The van der Waals surface area contributed by atoms with Gasteiger partial charge in [0.25, 0.3) is 0 Å². The molecule has 0 aliphatic carbocycles. The van der Waals surface area contributed by atoms with E-state index in [1.165, 1.54) is 6.07 Å². The number of hydrogen-bond donors (Lipinski definition) is 0. The van der Waals surface area contributed by atoms with Gasteiger partial charge in [0.2, 0.25) is 0 Å². The highest BCUT2D eigenvalue weighted by atomic mass is 19.1. The largest absolute Gasteiger partial charge is 0.449 e. The molecule has 3 amide bonds. The summed E-state index contributed by atoms with van der Waals surface area (Å²) in [7, 11) is 3.51. The standard InChI is InChI=1S/C25H37FN4O3/c1-4-16-33-24(32)29-12-5-6-20(9-13-29)28-14-10-25(11-15-28)18-30(23(31)27(2)3)22-8-7-19(26)17-21(22)25/h7-8,17,20H,4-6,9-16,18H2,1-3H3. The van der Waals surface area contributed by atoms with Gasteiger partial charge in [-0.05, 0) is 75.4 Å². The first-order valence-electron chi connectivity index (χ1n) is 12.3. The summed E-state index contributed by atoms with van der Waals surface area (Å²) in [6.45, 7) is 6.41. The Morgan fingerprint density at radius 1 is 1.15 bits per heavy atom. The number of anilines is 1. The van der Waals surface area contributed by atoms with Gasteiger partial charge in [-0.3, -0.25) is 4.90 Å². The molecule has 0 N–H and O–H groups in total. The number of likely N-dealkylation sites (tertiary alicyclic amines) is 2. The zero-order chi connectivity index (χ0) is 23.6. The maximum Gasteiger partial charge on any atom is 0.409 e. The van der Waals surface area contributed by atoms with Crippen LogP contribution in [0.25, 0.3) is 0 Å². The van der Waals surface area contributed by atoms with Crippen molar-refractivity contribution in [3.63, 3.8) is 0 Å². The molecular weight excluding hydrogens is 423 g/mol. The second-order valence-corrected chi connectivity index (χ2v) is 9.93. The Morgan fingerprint density at radius 3 is 2.61 bits per heavy atom. The Labute approximate surface area is 196 Å². The number of ether oxygens (including phenoxy) is 1. The van der Waals surface area contributed by atoms with Crippen LogP contribution in [0.4, 0.5) is 19.7 Å². The van der Waals surface area contributed by atoms with Gasteiger partial charge in [0.15, 0.2) is 0 Å². The summed E-state index contributed by atoms with van der Waals surface area (Å²) >= 11 is 0. The first-order chi connectivity index (χ1) is 15.8. The third kappa shape index (κ3) is 4.81. The normalized spacial score (nSPS) is 22.7. The average Bonchev–Trinajstić information content (AvgIpc) is 2.95. The Hall–Kier alpha value is -2.35. The highest BCUT2D eigenvalue weighted by molar-refractivity contribution is 5.95. The molecule has 8 heteroatoms. The summed E-state index contributed by atoms with van der Waals surface area (Å²) in [5, 5.41) is 0. The number of amides is 3. The Bertz CT molecular complexity index is 869. The van der Waals surface area contributed by atoms with E-state index in [1.54, 1.807) is 31.1 Å². The fraction of sp³-hybridized carbons (Fsp3) is 0.680. The van der Waals surface area contributed by atoms with Crippen molar-refractivity contribution in [2.24, 2.45) is 0 Å². The second kappa shape index (κ2) is 9.87. The Kier molecular flexibility index (Phi) is 7.12. The first kappa shape index (κ1) is 23.8. The molecule has 1 atom stereocenters. The quantitative estimate of drug-likeness (QED) is 0.683. The summed E-state index contributed by atoms with van der Waals surface area (Å²) in [5.74, 6) is -0.242. The minimum atomic E-state index is -0.242. The molecule has 0 radical (unpaired) electrons. The number of halogens is 1. The second-order valence-electron chi connectivity index (χ2n) is 9.93. The summed E-state index contributed by atoms with van der Waals surface area (Å²) in [6.07, 6.45) is 5.45. The molecule has 4 rings (SSSR count). The van der Waals surface area contributed by atoms with Crippen LogP contribution in [0.1, 0.15) is 51.0 Å². The van der Waals surface area contributed by atoms with Gasteiger partial charge < -0.3 is 19.4 Å². The predicted octanol–water partition coefficient (Wildman–Crippen LogP) is 4.06. The zero-order valence-corrected chi connectivity index (χ0v) is 20.2. The molecule has 3 aliphatic heterocycles. The number of benzene rings is 1. The molecule has 1 aromatic rings. The van der Waals surface area contributed by atoms with Crippen LogP contribution in [-0.4, -0.2) is 86.3 Å². The monoisotopic (exact) mass is 460 g/mol. The van der Waals surface area contributed by atoms with Gasteiger partial charge >= 0.3 is 12.1 Å². The van der Waals surface area contributed by atoms with Gasteiger partial charge in [0, 0.05) is 50.9 Å². The molecule has 2 saturated heterocycles. The topological polar surface area (TPSA) is 56.3 Å². The van der Waals surface area contributed by atoms with E-state index < -0.39 is 0 Å². The Morgan fingerprint density at radius 2 is 1.91 bits per heavy atom. The molecule has 0 bridgehead atoms. The third-order valence-corrected chi connectivity index (χ3v) is 7.55. The molecule has 33 heavy (non-hydrogen) atoms. The molecule has 3 aliphatic rings. The lowest BCUT2D eigenvalue weighted by molar-refractivity contribution is 0.0967. The SMILES string of the molecule is CCCOC(=O)N1CCCC(N2CCC3(CC2)CN(C(=O)N(C)C)c2ccc(F)cc23)CC1. The van der Waals surface area contributed by atoms with Gasteiger partial charge in [0.05, 0.1) is 6.61 Å². The summed E-state index contributed by atoms with van der Waals surface area (Å²) in [5.41, 5.74) is 1.63. The number of carbonyl (C=O) groups excluding carboxylic acids is 2. The van der Waals surface area contributed by atoms with Gasteiger partial charge in [-0.25, -0.2) is 14.0 Å². The predicted molar refractivity (Wildman–Crippen MR) is 126 cm³/mol. The van der Waals surface area contributed by atoms with Crippen molar-refractivity contribution in [3.05, 3.63) is 29.6 Å². The minimum Gasteiger partial charge on any atom is -0.449 e. The van der Waals surface area contributed by atoms with E-state index in [0.717, 1.165) is 76.0 Å². The lowest BCUT2D eigenvalue weighted by Gasteiger charge is -2.43. The number of urea groups is 1. The van der Waals surface area contributed by atoms with Crippen LogP contribution < -0.4 is 4.90 Å². The molecule has 1 spiro atoms. The lowest BCUT2D eigenvalue weighted by Crippen LogP contribution is -2.50. The van der Waals surface area contributed by atoms with Crippen molar-refractivity contribution in [2.75, 3.05) is 58.3 Å². The average molecular weight is 461 g/mol. The van der Waals surface area contributed by atoms with E-state index in [4.69, 9.17) is 4.74 Å². The number of rotatable bonds is 3. The van der Waals surface area contributed by atoms with Crippen molar-refractivity contribution >= 4 is 17.8 Å². The van der Waals surface area contributed by atoms with Crippen LogP contribution in [0.2, 0.25) is 0 Å². The van der Waals surface area contributed by atoms with Gasteiger partial charge in [-0.15, -0.1) is 0 Å². The minimum absolute atomic E-state index is 0.0546. The summed E-state index contributed by atoms with van der Waals surface area (Å²) < 4.78 is 19.5.